The van der Waals surface area contributed by atoms with Crippen molar-refractivity contribution in [3.8, 4) is 0 Å². The van der Waals surface area contributed by atoms with E-state index in [1.54, 1.807) is 6.08 Å². The summed E-state index contributed by atoms with van der Waals surface area (Å²) in [6.07, 6.45) is 8.77. The number of hydrogen-bond donors (Lipinski definition) is 0. The summed E-state index contributed by atoms with van der Waals surface area (Å²) in [7, 11) is 0. The van der Waals surface area contributed by atoms with Gasteiger partial charge < -0.3 is 4.79 Å². The number of carbonyl (C=O) groups is 2. The second kappa shape index (κ2) is 8.67. The normalized spacial score (nSPS) is 13.0. The molecule has 1 unspecified atom stereocenters. The van der Waals surface area contributed by atoms with Gasteiger partial charge in [-0.3, -0.25) is 4.79 Å². The fourth-order valence-corrected chi connectivity index (χ4v) is 1.19. The zero-order valence-corrected chi connectivity index (χ0v) is 9.16. The maximum absolute atomic E-state index is 11.4. The highest BCUT2D eigenvalue weighted by Gasteiger charge is 2.13. The quantitative estimate of drug-likeness (QED) is 0.340. The third kappa shape index (κ3) is 5.68. The fraction of sp³-hybridized carbons (Fsp3) is 0.667. The number of unbranched alkanes of at least 4 members (excludes halogenated alkanes) is 2. The monoisotopic (exact) mass is 196 g/mol. The Kier molecular flexibility index (Phi) is 8.10. The van der Waals surface area contributed by atoms with Crippen molar-refractivity contribution in [1.82, 2.24) is 0 Å². The van der Waals surface area contributed by atoms with E-state index in [2.05, 4.69) is 13.8 Å². The minimum Gasteiger partial charge on any atom is -0.303 e. The van der Waals surface area contributed by atoms with Gasteiger partial charge in [-0.25, -0.2) is 0 Å². The highest BCUT2D eigenvalue weighted by molar-refractivity contribution is 6.00. The van der Waals surface area contributed by atoms with Crippen LogP contribution in [0.15, 0.2) is 12.2 Å². The van der Waals surface area contributed by atoms with Crippen LogP contribution in [-0.4, -0.2) is 12.1 Å². The van der Waals surface area contributed by atoms with Gasteiger partial charge in [0.1, 0.15) is 6.29 Å². The number of allylic oxidation sites excluding steroid dienone is 2. The molecule has 0 saturated heterocycles. The molecule has 0 aliphatic rings. The SMILES string of the molecule is CCCC=CC(=O)C(C=O)CCCC. The molecule has 0 rings (SSSR count). The summed E-state index contributed by atoms with van der Waals surface area (Å²) < 4.78 is 0. The lowest BCUT2D eigenvalue weighted by molar-refractivity contribution is -0.124. The van der Waals surface area contributed by atoms with Gasteiger partial charge in [-0.2, -0.15) is 0 Å². The van der Waals surface area contributed by atoms with Crippen LogP contribution in [-0.2, 0) is 9.59 Å². The molecule has 0 aliphatic heterocycles. The molecule has 0 aromatic rings. The maximum Gasteiger partial charge on any atom is 0.165 e. The molecule has 0 aromatic heterocycles. The Morgan fingerprint density at radius 3 is 2.50 bits per heavy atom. The number of rotatable bonds is 8. The van der Waals surface area contributed by atoms with Crippen molar-refractivity contribution in [3.05, 3.63) is 12.2 Å². The topological polar surface area (TPSA) is 34.1 Å². The molecule has 0 bridgehead atoms. The summed E-state index contributed by atoms with van der Waals surface area (Å²) >= 11 is 0. The van der Waals surface area contributed by atoms with E-state index in [1.165, 1.54) is 0 Å². The zero-order valence-electron chi connectivity index (χ0n) is 9.16. The first-order valence-corrected chi connectivity index (χ1v) is 5.41. The van der Waals surface area contributed by atoms with E-state index >= 15 is 0 Å². The van der Waals surface area contributed by atoms with Gasteiger partial charge in [0.05, 0.1) is 5.92 Å². The van der Waals surface area contributed by atoms with E-state index in [9.17, 15) is 9.59 Å². The van der Waals surface area contributed by atoms with Crippen LogP contribution in [0.25, 0.3) is 0 Å². The summed E-state index contributed by atoms with van der Waals surface area (Å²) in [5, 5.41) is 0. The van der Waals surface area contributed by atoms with Crippen LogP contribution in [0.5, 0.6) is 0 Å². The molecule has 1 atom stereocenters. The average molecular weight is 196 g/mol. The molecule has 14 heavy (non-hydrogen) atoms. The summed E-state index contributed by atoms with van der Waals surface area (Å²) in [5.41, 5.74) is 0. The predicted molar refractivity (Wildman–Crippen MR) is 58.1 cm³/mol. The minimum absolute atomic E-state index is 0.0399. The van der Waals surface area contributed by atoms with Crippen LogP contribution in [0.1, 0.15) is 46.0 Å². The predicted octanol–water partition coefficient (Wildman–Crippen LogP) is 2.92. The average Bonchev–Trinajstić information content (AvgIpc) is 2.19. The van der Waals surface area contributed by atoms with Crippen molar-refractivity contribution < 1.29 is 9.59 Å². The van der Waals surface area contributed by atoms with Crippen molar-refractivity contribution >= 4 is 12.1 Å². The van der Waals surface area contributed by atoms with Gasteiger partial charge in [0.25, 0.3) is 0 Å². The van der Waals surface area contributed by atoms with Gasteiger partial charge in [-0.1, -0.05) is 39.2 Å². The van der Waals surface area contributed by atoms with E-state index < -0.39 is 5.92 Å². The van der Waals surface area contributed by atoms with E-state index in [0.717, 1.165) is 32.0 Å². The summed E-state index contributed by atoms with van der Waals surface area (Å²) in [4.78, 5) is 22.1. The van der Waals surface area contributed by atoms with Crippen LogP contribution >= 0.6 is 0 Å². The first-order chi connectivity index (χ1) is 6.76. The number of hydrogen-bond acceptors (Lipinski definition) is 2. The Morgan fingerprint density at radius 2 is 2.00 bits per heavy atom. The molecule has 0 heterocycles. The summed E-state index contributed by atoms with van der Waals surface area (Å²) in [6.45, 7) is 4.11. The van der Waals surface area contributed by atoms with Crippen LogP contribution in [0.4, 0.5) is 0 Å². The highest BCUT2D eigenvalue weighted by Crippen LogP contribution is 2.08. The highest BCUT2D eigenvalue weighted by atomic mass is 16.1. The molecule has 0 radical (unpaired) electrons. The molecule has 0 aromatic carbocycles. The molecule has 0 fully saturated rings. The Balaban J connectivity index is 3.97. The van der Waals surface area contributed by atoms with Crippen LogP contribution in [0.3, 0.4) is 0 Å². The van der Waals surface area contributed by atoms with Crippen LogP contribution in [0.2, 0.25) is 0 Å². The second-order valence-corrected chi connectivity index (χ2v) is 3.48. The van der Waals surface area contributed by atoms with E-state index in [1.807, 2.05) is 6.08 Å². The molecule has 80 valence electrons. The second-order valence-electron chi connectivity index (χ2n) is 3.48. The first-order valence-electron chi connectivity index (χ1n) is 5.41. The lowest BCUT2D eigenvalue weighted by Crippen LogP contribution is -2.13. The van der Waals surface area contributed by atoms with Crippen molar-refractivity contribution in [2.75, 3.05) is 0 Å². The number of ketones is 1. The Bertz CT molecular complexity index is 194. The summed E-state index contributed by atoms with van der Waals surface area (Å²) in [6, 6.07) is 0. The van der Waals surface area contributed by atoms with Gasteiger partial charge in [0.2, 0.25) is 0 Å². The van der Waals surface area contributed by atoms with Crippen LogP contribution < -0.4 is 0 Å². The van der Waals surface area contributed by atoms with E-state index in [0.29, 0.717) is 6.42 Å². The Morgan fingerprint density at radius 1 is 1.29 bits per heavy atom. The van der Waals surface area contributed by atoms with E-state index in [4.69, 9.17) is 0 Å². The van der Waals surface area contributed by atoms with Crippen molar-refractivity contribution in [2.45, 2.75) is 46.0 Å². The molecule has 0 saturated carbocycles. The van der Waals surface area contributed by atoms with Gasteiger partial charge >= 0.3 is 0 Å². The number of aldehydes is 1. The van der Waals surface area contributed by atoms with Gasteiger partial charge in [0, 0.05) is 0 Å². The third-order valence-corrected chi connectivity index (χ3v) is 2.14. The van der Waals surface area contributed by atoms with Gasteiger partial charge in [-0.05, 0) is 18.9 Å². The zero-order chi connectivity index (χ0) is 10.8. The summed E-state index contributed by atoms with van der Waals surface area (Å²) in [5.74, 6) is -0.454. The molecular weight excluding hydrogens is 176 g/mol. The van der Waals surface area contributed by atoms with Crippen molar-refractivity contribution in [1.29, 1.82) is 0 Å². The van der Waals surface area contributed by atoms with Crippen molar-refractivity contribution in [3.63, 3.8) is 0 Å². The molecule has 2 heteroatoms. The van der Waals surface area contributed by atoms with Gasteiger partial charge in [0.15, 0.2) is 5.78 Å². The molecule has 0 aliphatic carbocycles. The maximum atomic E-state index is 11.4. The molecule has 0 spiro atoms. The Labute approximate surface area is 86.4 Å². The third-order valence-electron chi connectivity index (χ3n) is 2.14. The fourth-order valence-electron chi connectivity index (χ4n) is 1.19. The Hall–Kier alpha value is -0.920. The smallest absolute Gasteiger partial charge is 0.165 e. The number of carbonyl (C=O) groups excluding carboxylic acids is 2. The first kappa shape index (κ1) is 13.1. The van der Waals surface area contributed by atoms with E-state index in [-0.39, 0.29) is 5.78 Å². The standard InChI is InChI=1S/C12H20O2/c1-3-5-7-9-12(14)11(10-13)8-6-4-2/h7,9-11H,3-6,8H2,1-2H3. The lowest BCUT2D eigenvalue weighted by atomic mass is 9.98. The molecule has 2 nitrogen and oxygen atoms in total. The molecule has 0 amide bonds. The lowest BCUT2D eigenvalue weighted by Gasteiger charge is -2.04. The largest absolute Gasteiger partial charge is 0.303 e. The minimum atomic E-state index is -0.414. The molecular formula is C12H20O2. The van der Waals surface area contributed by atoms with Crippen molar-refractivity contribution in [2.24, 2.45) is 5.92 Å². The molecule has 0 N–H and O–H groups in total. The van der Waals surface area contributed by atoms with Crippen LogP contribution in [0, 0.1) is 5.92 Å². The van der Waals surface area contributed by atoms with Gasteiger partial charge in [-0.15, -0.1) is 0 Å².